The van der Waals surface area contributed by atoms with Gasteiger partial charge in [-0.2, -0.15) is 4.80 Å². The molecule has 0 spiro atoms. The van der Waals surface area contributed by atoms with Crippen LogP contribution in [-0.4, -0.2) is 33.1 Å². The van der Waals surface area contributed by atoms with E-state index < -0.39 is 0 Å². The molecule has 0 radical (unpaired) electrons. The van der Waals surface area contributed by atoms with Crippen molar-refractivity contribution in [3.8, 4) is 17.1 Å². The lowest BCUT2D eigenvalue weighted by Crippen LogP contribution is -2.13. The summed E-state index contributed by atoms with van der Waals surface area (Å²) in [6, 6.07) is 15.0. The standard InChI is InChI=1S/C19H20N4O2/c1-13(2)14-4-6-16(7-5-14)19-20-22-23(21-19)12-18(24)15-8-10-17(25-3)11-9-15/h4-11,13H,12H2,1-3H3. The Labute approximate surface area is 146 Å². The highest BCUT2D eigenvalue weighted by Gasteiger charge is 2.11. The van der Waals surface area contributed by atoms with E-state index in [1.54, 1.807) is 31.4 Å². The second-order valence-electron chi connectivity index (χ2n) is 6.07. The van der Waals surface area contributed by atoms with Crippen molar-refractivity contribution in [1.29, 1.82) is 0 Å². The van der Waals surface area contributed by atoms with Crippen LogP contribution >= 0.6 is 0 Å². The Morgan fingerprint density at radius 1 is 1.08 bits per heavy atom. The molecular weight excluding hydrogens is 316 g/mol. The van der Waals surface area contributed by atoms with Gasteiger partial charge in [-0.25, -0.2) is 0 Å². The molecular formula is C19H20N4O2. The summed E-state index contributed by atoms with van der Waals surface area (Å²) < 4.78 is 5.09. The number of nitrogens with zero attached hydrogens (tertiary/aromatic N) is 4. The van der Waals surface area contributed by atoms with Crippen molar-refractivity contribution in [2.75, 3.05) is 7.11 Å². The zero-order valence-corrected chi connectivity index (χ0v) is 14.5. The summed E-state index contributed by atoms with van der Waals surface area (Å²) in [6.45, 7) is 4.34. The zero-order chi connectivity index (χ0) is 17.8. The van der Waals surface area contributed by atoms with Crippen molar-refractivity contribution < 1.29 is 9.53 Å². The number of carbonyl (C=O) groups excluding carboxylic acids is 1. The smallest absolute Gasteiger partial charge is 0.204 e. The van der Waals surface area contributed by atoms with Gasteiger partial charge >= 0.3 is 0 Å². The fourth-order valence-electron chi connectivity index (χ4n) is 2.44. The summed E-state index contributed by atoms with van der Waals surface area (Å²) in [4.78, 5) is 13.6. The molecule has 0 saturated heterocycles. The van der Waals surface area contributed by atoms with Gasteiger partial charge < -0.3 is 4.74 Å². The lowest BCUT2D eigenvalue weighted by molar-refractivity contribution is 0.0961. The first-order chi connectivity index (χ1) is 12.1. The van der Waals surface area contributed by atoms with Gasteiger partial charge in [-0.05, 0) is 41.0 Å². The first-order valence-corrected chi connectivity index (χ1v) is 8.12. The van der Waals surface area contributed by atoms with Gasteiger partial charge in [-0.15, -0.1) is 10.2 Å². The van der Waals surface area contributed by atoms with Crippen LogP contribution in [-0.2, 0) is 6.54 Å². The summed E-state index contributed by atoms with van der Waals surface area (Å²) in [6.07, 6.45) is 0. The number of Topliss-reactive ketones (excluding diaryl/α,β-unsaturated/α-hetero) is 1. The highest BCUT2D eigenvalue weighted by Crippen LogP contribution is 2.19. The van der Waals surface area contributed by atoms with Crippen LogP contribution in [0.4, 0.5) is 0 Å². The van der Waals surface area contributed by atoms with E-state index in [1.807, 2.05) is 12.1 Å². The van der Waals surface area contributed by atoms with E-state index in [0.29, 0.717) is 23.1 Å². The van der Waals surface area contributed by atoms with Gasteiger partial charge in [-0.3, -0.25) is 4.79 Å². The lowest BCUT2D eigenvalue weighted by atomic mass is 10.0. The third-order valence-corrected chi connectivity index (χ3v) is 3.99. The summed E-state index contributed by atoms with van der Waals surface area (Å²) in [5.74, 6) is 1.61. The monoisotopic (exact) mass is 336 g/mol. The number of hydrogen-bond acceptors (Lipinski definition) is 5. The Balaban J connectivity index is 1.71. The molecule has 1 aromatic heterocycles. The molecule has 6 nitrogen and oxygen atoms in total. The summed E-state index contributed by atoms with van der Waals surface area (Å²) in [5, 5.41) is 12.3. The second-order valence-corrected chi connectivity index (χ2v) is 6.07. The topological polar surface area (TPSA) is 69.9 Å². The number of rotatable bonds is 6. The fraction of sp³-hybridized carbons (Fsp3) is 0.263. The molecule has 0 aliphatic carbocycles. The average molecular weight is 336 g/mol. The van der Waals surface area contributed by atoms with Crippen LogP contribution in [0.1, 0.15) is 35.7 Å². The lowest BCUT2D eigenvalue weighted by Gasteiger charge is -2.04. The normalized spacial score (nSPS) is 10.9. The SMILES string of the molecule is COc1ccc(C(=O)Cn2nnc(-c3ccc(C(C)C)cc3)n2)cc1. The molecule has 0 saturated carbocycles. The van der Waals surface area contributed by atoms with Crippen molar-refractivity contribution in [2.24, 2.45) is 0 Å². The number of ether oxygens (including phenoxy) is 1. The first kappa shape index (κ1) is 16.8. The largest absolute Gasteiger partial charge is 0.497 e. The van der Waals surface area contributed by atoms with Crippen LogP contribution in [0, 0.1) is 0 Å². The minimum atomic E-state index is -0.0817. The van der Waals surface area contributed by atoms with Gasteiger partial charge in [0.2, 0.25) is 5.82 Å². The molecule has 3 aromatic rings. The molecule has 0 aliphatic heterocycles. The predicted molar refractivity (Wildman–Crippen MR) is 94.7 cm³/mol. The highest BCUT2D eigenvalue weighted by molar-refractivity contribution is 5.95. The van der Waals surface area contributed by atoms with Crippen LogP contribution < -0.4 is 4.74 Å². The third-order valence-electron chi connectivity index (χ3n) is 3.99. The number of hydrogen-bond donors (Lipinski definition) is 0. The Bertz CT molecular complexity index is 852. The minimum absolute atomic E-state index is 0.0450. The van der Waals surface area contributed by atoms with Crippen LogP contribution in [0.5, 0.6) is 5.75 Å². The quantitative estimate of drug-likeness (QED) is 0.646. The van der Waals surface area contributed by atoms with Crippen molar-refractivity contribution in [3.63, 3.8) is 0 Å². The molecule has 25 heavy (non-hydrogen) atoms. The maximum atomic E-state index is 12.3. The van der Waals surface area contributed by atoms with Crippen molar-refractivity contribution >= 4 is 5.78 Å². The predicted octanol–water partition coefficient (Wildman–Crippen LogP) is 3.36. The van der Waals surface area contributed by atoms with Gasteiger partial charge in [0.05, 0.1) is 7.11 Å². The van der Waals surface area contributed by atoms with Gasteiger partial charge in [0.15, 0.2) is 5.78 Å². The van der Waals surface area contributed by atoms with Gasteiger partial charge in [-0.1, -0.05) is 38.1 Å². The van der Waals surface area contributed by atoms with E-state index in [4.69, 9.17) is 4.74 Å². The third kappa shape index (κ3) is 3.91. The zero-order valence-electron chi connectivity index (χ0n) is 14.5. The Morgan fingerprint density at radius 2 is 1.76 bits per heavy atom. The van der Waals surface area contributed by atoms with E-state index in [-0.39, 0.29) is 12.3 Å². The number of aromatic nitrogens is 4. The van der Waals surface area contributed by atoms with Crippen molar-refractivity contribution in [1.82, 2.24) is 20.2 Å². The first-order valence-electron chi connectivity index (χ1n) is 8.12. The van der Waals surface area contributed by atoms with Gasteiger partial charge in [0, 0.05) is 11.1 Å². The summed E-state index contributed by atoms with van der Waals surface area (Å²) >= 11 is 0. The fourth-order valence-corrected chi connectivity index (χ4v) is 2.44. The van der Waals surface area contributed by atoms with Crippen molar-refractivity contribution in [3.05, 3.63) is 59.7 Å². The number of methoxy groups -OCH3 is 1. The Kier molecular flexibility index (Phi) is 4.88. The molecule has 1 heterocycles. The maximum Gasteiger partial charge on any atom is 0.204 e. The van der Waals surface area contributed by atoms with Gasteiger partial charge in [0.25, 0.3) is 0 Å². The molecule has 128 valence electrons. The molecule has 0 bridgehead atoms. The highest BCUT2D eigenvalue weighted by atomic mass is 16.5. The molecule has 2 aromatic carbocycles. The molecule has 3 rings (SSSR count). The second kappa shape index (κ2) is 7.25. The maximum absolute atomic E-state index is 12.3. The number of benzene rings is 2. The molecule has 0 atom stereocenters. The van der Waals surface area contributed by atoms with E-state index in [2.05, 4.69) is 41.4 Å². The molecule has 0 fully saturated rings. The number of carbonyl (C=O) groups is 1. The van der Waals surface area contributed by atoms with Crippen LogP contribution in [0.2, 0.25) is 0 Å². The van der Waals surface area contributed by atoms with Crippen molar-refractivity contribution in [2.45, 2.75) is 26.3 Å². The molecule has 0 N–H and O–H groups in total. The van der Waals surface area contributed by atoms with Crippen LogP contribution in [0.15, 0.2) is 48.5 Å². The molecule has 0 unspecified atom stereocenters. The Morgan fingerprint density at radius 3 is 2.36 bits per heavy atom. The molecule has 0 amide bonds. The molecule has 0 aliphatic rings. The van der Waals surface area contributed by atoms with E-state index >= 15 is 0 Å². The summed E-state index contributed by atoms with van der Waals surface area (Å²) in [7, 11) is 1.59. The van der Waals surface area contributed by atoms with Crippen LogP contribution in [0.25, 0.3) is 11.4 Å². The van der Waals surface area contributed by atoms with E-state index in [9.17, 15) is 4.79 Å². The molecule has 6 heteroatoms. The van der Waals surface area contributed by atoms with Crippen LogP contribution in [0.3, 0.4) is 0 Å². The van der Waals surface area contributed by atoms with E-state index in [1.165, 1.54) is 10.4 Å². The Hall–Kier alpha value is -3.02. The van der Waals surface area contributed by atoms with E-state index in [0.717, 1.165) is 5.56 Å². The average Bonchev–Trinajstić information content (AvgIpc) is 3.10. The summed E-state index contributed by atoms with van der Waals surface area (Å²) in [5.41, 5.74) is 2.72. The van der Waals surface area contributed by atoms with Gasteiger partial charge in [0.1, 0.15) is 12.3 Å². The number of ketones is 1. The minimum Gasteiger partial charge on any atom is -0.497 e. The number of tetrazole rings is 1.